The van der Waals surface area contributed by atoms with E-state index in [0.29, 0.717) is 0 Å². The molecule has 0 saturated carbocycles. The van der Waals surface area contributed by atoms with Crippen LogP contribution in [0.4, 0.5) is 22.0 Å². The Morgan fingerprint density at radius 3 is 2.64 bits per heavy atom. The van der Waals surface area contributed by atoms with E-state index in [2.05, 4.69) is 25.0 Å². The maximum Gasteiger partial charge on any atom is 0.422 e. The minimum Gasteiger partial charge on any atom is -0.468 e. The van der Waals surface area contributed by atoms with Crippen LogP contribution in [0, 0.1) is 0 Å². The minimum absolute atomic E-state index is 0.00527. The molecule has 0 aromatic carbocycles. The third-order valence-electron chi connectivity index (χ3n) is 3.46. The van der Waals surface area contributed by atoms with Gasteiger partial charge < -0.3 is 9.47 Å². The molecule has 0 spiro atoms. The van der Waals surface area contributed by atoms with Gasteiger partial charge >= 0.3 is 6.18 Å². The minimum atomic E-state index is -4.59. The van der Waals surface area contributed by atoms with Crippen LogP contribution in [0.1, 0.15) is 11.7 Å². The van der Waals surface area contributed by atoms with Gasteiger partial charge in [-0.05, 0) is 12.1 Å². The molecule has 0 radical (unpaired) electrons. The van der Waals surface area contributed by atoms with Crippen molar-refractivity contribution in [3.63, 3.8) is 0 Å². The molecular formula is C15H11ClF5N5O2. The molecule has 0 amide bonds. The zero-order valence-electron chi connectivity index (χ0n) is 14.0. The van der Waals surface area contributed by atoms with Gasteiger partial charge in [-0.25, -0.2) is 18.4 Å². The molecule has 13 heteroatoms. The highest BCUT2D eigenvalue weighted by Gasteiger charge is 2.30. The lowest BCUT2D eigenvalue weighted by molar-refractivity contribution is -0.154. The standard InChI is InChI=1S/C15H11ClF5N5O2/c1-26-13-8(5-9(16)23-24-13)14(25-26)28-11(12(17)18)7-2-3-22-10(4-7)27-6-15(19,20)21/h2-5,11-12H,6H2,1H3/t11-/m1/s1. The van der Waals surface area contributed by atoms with Crippen molar-refractivity contribution >= 4 is 22.6 Å². The van der Waals surface area contributed by atoms with Crippen molar-refractivity contribution in [2.75, 3.05) is 6.61 Å². The fourth-order valence-electron chi connectivity index (χ4n) is 2.30. The summed E-state index contributed by atoms with van der Waals surface area (Å²) in [4.78, 5) is 3.58. The number of pyridine rings is 1. The fraction of sp³-hybridized carbons (Fsp3) is 0.333. The predicted molar refractivity (Wildman–Crippen MR) is 86.5 cm³/mol. The van der Waals surface area contributed by atoms with Gasteiger partial charge in [0.2, 0.25) is 11.8 Å². The van der Waals surface area contributed by atoms with Gasteiger partial charge in [-0.15, -0.1) is 15.3 Å². The van der Waals surface area contributed by atoms with Crippen LogP contribution >= 0.6 is 11.6 Å². The molecule has 0 saturated heterocycles. The molecule has 0 bridgehead atoms. The maximum atomic E-state index is 13.6. The zero-order valence-corrected chi connectivity index (χ0v) is 14.7. The van der Waals surface area contributed by atoms with E-state index >= 15 is 0 Å². The van der Waals surface area contributed by atoms with Crippen LogP contribution in [-0.2, 0) is 7.05 Å². The first-order valence-corrected chi connectivity index (χ1v) is 7.98. The number of hydrogen-bond donors (Lipinski definition) is 0. The molecule has 3 aromatic heterocycles. The monoisotopic (exact) mass is 423 g/mol. The molecule has 0 unspecified atom stereocenters. The van der Waals surface area contributed by atoms with Gasteiger partial charge in [0.25, 0.3) is 6.43 Å². The SMILES string of the molecule is Cn1nc(O[C@H](c2ccnc(OCC(F)(F)F)c2)C(F)F)c2cc(Cl)nnc21. The van der Waals surface area contributed by atoms with Crippen LogP contribution in [0.2, 0.25) is 5.15 Å². The van der Waals surface area contributed by atoms with Gasteiger partial charge in [-0.2, -0.15) is 13.2 Å². The molecule has 3 heterocycles. The van der Waals surface area contributed by atoms with Crippen molar-refractivity contribution in [1.29, 1.82) is 0 Å². The van der Waals surface area contributed by atoms with Crippen LogP contribution < -0.4 is 9.47 Å². The van der Waals surface area contributed by atoms with E-state index in [1.165, 1.54) is 23.9 Å². The summed E-state index contributed by atoms with van der Waals surface area (Å²) in [6.07, 6.45) is -8.43. The van der Waals surface area contributed by atoms with Crippen molar-refractivity contribution in [3.05, 3.63) is 35.1 Å². The summed E-state index contributed by atoms with van der Waals surface area (Å²) in [7, 11) is 1.50. The van der Waals surface area contributed by atoms with Crippen molar-refractivity contribution in [3.8, 4) is 11.8 Å². The molecule has 3 rings (SSSR count). The van der Waals surface area contributed by atoms with E-state index in [1.54, 1.807) is 0 Å². The Kier molecular flexibility index (Phi) is 5.49. The number of aryl methyl sites for hydroxylation is 1. The molecule has 0 aliphatic heterocycles. The van der Waals surface area contributed by atoms with Gasteiger partial charge in [0, 0.05) is 24.9 Å². The normalized spacial score (nSPS) is 13.1. The summed E-state index contributed by atoms with van der Waals surface area (Å²) < 4.78 is 75.1. The Hall–Kier alpha value is -2.76. The quantitative estimate of drug-likeness (QED) is 0.562. The number of halogens is 6. The Morgan fingerprint density at radius 2 is 1.96 bits per heavy atom. The van der Waals surface area contributed by atoms with Crippen molar-refractivity contribution in [1.82, 2.24) is 25.0 Å². The maximum absolute atomic E-state index is 13.6. The number of fused-ring (bicyclic) bond motifs is 1. The Morgan fingerprint density at radius 1 is 1.21 bits per heavy atom. The first-order valence-electron chi connectivity index (χ1n) is 7.60. The number of rotatable bonds is 6. The molecule has 0 aliphatic rings. The number of nitrogens with zero attached hydrogens (tertiary/aromatic N) is 5. The number of hydrogen-bond acceptors (Lipinski definition) is 6. The van der Waals surface area contributed by atoms with Crippen LogP contribution in [0.25, 0.3) is 11.0 Å². The molecule has 0 N–H and O–H groups in total. The van der Waals surface area contributed by atoms with Crippen molar-refractivity contribution in [2.24, 2.45) is 7.05 Å². The molecule has 3 aromatic rings. The molecular weight excluding hydrogens is 413 g/mol. The molecule has 0 aliphatic carbocycles. The second kappa shape index (κ2) is 7.70. The lowest BCUT2D eigenvalue weighted by Crippen LogP contribution is -2.20. The number of alkyl halides is 5. The highest BCUT2D eigenvalue weighted by molar-refractivity contribution is 6.29. The topological polar surface area (TPSA) is 75.0 Å². The lowest BCUT2D eigenvalue weighted by Gasteiger charge is -2.18. The molecule has 7 nitrogen and oxygen atoms in total. The Bertz CT molecular complexity index is 981. The summed E-state index contributed by atoms with van der Waals surface area (Å²) in [6.45, 7) is -1.61. The van der Waals surface area contributed by atoms with Crippen LogP contribution in [0.15, 0.2) is 24.4 Å². The van der Waals surface area contributed by atoms with E-state index in [1.807, 2.05) is 0 Å². The van der Waals surface area contributed by atoms with E-state index in [9.17, 15) is 22.0 Å². The molecule has 28 heavy (non-hydrogen) atoms. The fourth-order valence-corrected chi connectivity index (χ4v) is 2.45. The number of ether oxygens (including phenoxy) is 2. The molecule has 150 valence electrons. The third kappa shape index (κ3) is 4.55. The largest absolute Gasteiger partial charge is 0.468 e. The summed E-state index contributed by atoms with van der Waals surface area (Å²) >= 11 is 5.78. The van der Waals surface area contributed by atoms with E-state index in [0.717, 1.165) is 12.3 Å². The second-order valence-corrected chi connectivity index (χ2v) is 5.92. The first-order chi connectivity index (χ1) is 13.1. The van der Waals surface area contributed by atoms with Gasteiger partial charge in [-0.3, -0.25) is 0 Å². The zero-order chi connectivity index (χ0) is 20.5. The average Bonchev–Trinajstić information content (AvgIpc) is 2.92. The Balaban J connectivity index is 1.90. The van der Waals surface area contributed by atoms with E-state index < -0.39 is 31.2 Å². The predicted octanol–water partition coefficient (Wildman–Crippen LogP) is 3.74. The van der Waals surface area contributed by atoms with Crippen molar-refractivity contribution < 1.29 is 31.4 Å². The van der Waals surface area contributed by atoms with Crippen LogP contribution in [0.3, 0.4) is 0 Å². The molecule has 1 atom stereocenters. The Labute approximate surface area is 159 Å². The van der Waals surface area contributed by atoms with Gasteiger partial charge in [-0.1, -0.05) is 11.6 Å². The second-order valence-electron chi connectivity index (χ2n) is 5.54. The van der Waals surface area contributed by atoms with E-state index in [4.69, 9.17) is 16.3 Å². The summed E-state index contributed by atoms with van der Waals surface area (Å²) in [6, 6.07) is 3.47. The molecule has 0 fully saturated rings. The highest BCUT2D eigenvalue weighted by Crippen LogP contribution is 2.32. The summed E-state index contributed by atoms with van der Waals surface area (Å²) in [5.41, 5.74) is 0.102. The van der Waals surface area contributed by atoms with E-state index in [-0.39, 0.29) is 27.6 Å². The van der Waals surface area contributed by atoms with Gasteiger partial charge in [0.05, 0.1) is 5.39 Å². The summed E-state index contributed by atoms with van der Waals surface area (Å²) in [5.74, 6) is -0.655. The summed E-state index contributed by atoms with van der Waals surface area (Å²) in [5, 5.41) is 11.7. The number of aromatic nitrogens is 5. The third-order valence-corrected chi connectivity index (χ3v) is 3.65. The average molecular weight is 424 g/mol. The van der Waals surface area contributed by atoms with Gasteiger partial charge in [0.1, 0.15) is 0 Å². The van der Waals surface area contributed by atoms with Crippen LogP contribution in [0.5, 0.6) is 11.8 Å². The van der Waals surface area contributed by atoms with Gasteiger partial charge in [0.15, 0.2) is 23.5 Å². The first kappa shape index (κ1) is 20.0. The smallest absolute Gasteiger partial charge is 0.422 e. The van der Waals surface area contributed by atoms with Crippen LogP contribution in [-0.4, -0.2) is 44.2 Å². The lowest BCUT2D eigenvalue weighted by atomic mass is 10.1. The van der Waals surface area contributed by atoms with Crippen molar-refractivity contribution in [2.45, 2.75) is 18.7 Å². The highest BCUT2D eigenvalue weighted by atomic mass is 35.5.